The summed E-state index contributed by atoms with van der Waals surface area (Å²) >= 11 is 0. The summed E-state index contributed by atoms with van der Waals surface area (Å²) in [6.07, 6.45) is 0.390. The van der Waals surface area contributed by atoms with Gasteiger partial charge >= 0.3 is 0 Å². The van der Waals surface area contributed by atoms with Crippen molar-refractivity contribution in [2.45, 2.75) is 32.2 Å². The first-order chi connectivity index (χ1) is 6.14. The van der Waals surface area contributed by atoms with Crippen LogP contribution in [0.5, 0.6) is 0 Å². The maximum absolute atomic E-state index is 8.29. The van der Waals surface area contributed by atoms with Gasteiger partial charge in [-0.1, -0.05) is 0 Å². The Bertz CT molecular complexity index is 188. The molecule has 0 spiro atoms. The lowest BCUT2D eigenvalue weighted by Crippen LogP contribution is -2.43. The third-order valence-corrected chi connectivity index (χ3v) is 1.80. The largest absolute Gasteiger partial charge is 0.372 e. The fourth-order valence-corrected chi connectivity index (χ4v) is 1.04. The predicted molar refractivity (Wildman–Crippen MR) is 46.0 cm³/mol. The van der Waals surface area contributed by atoms with Crippen LogP contribution in [-0.2, 0) is 14.2 Å². The molecule has 1 heterocycles. The van der Waals surface area contributed by atoms with Gasteiger partial charge in [0.25, 0.3) is 0 Å². The minimum absolute atomic E-state index is 0.0265. The van der Waals surface area contributed by atoms with Crippen molar-refractivity contribution >= 4 is 0 Å². The normalized spacial score (nSPS) is 22.5. The first kappa shape index (κ1) is 10.5. The Morgan fingerprint density at radius 1 is 1.46 bits per heavy atom. The van der Waals surface area contributed by atoms with Crippen LogP contribution < -0.4 is 0 Å². The first-order valence-electron chi connectivity index (χ1n) is 4.40. The van der Waals surface area contributed by atoms with Gasteiger partial charge in [-0.15, -0.1) is 0 Å². The zero-order chi connectivity index (χ0) is 9.73. The predicted octanol–water partition coefficient (Wildman–Crippen LogP) is 1.07. The number of hydrogen-bond acceptors (Lipinski definition) is 4. The van der Waals surface area contributed by atoms with Gasteiger partial charge < -0.3 is 14.2 Å². The van der Waals surface area contributed by atoms with Crippen LogP contribution in [0.25, 0.3) is 0 Å². The highest BCUT2D eigenvalue weighted by atomic mass is 16.7. The molecule has 1 aliphatic heterocycles. The van der Waals surface area contributed by atoms with E-state index in [9.17, 15) is 0 Å². The average molecular weight is 185 g/mol. The van der Waals surface area contributed by atoms with Crippen LogP contribution in [0.3, 0.4) is 0 Å². The molecule has 0 aromatic rings. The third kappa shape index (κ3) is 3.73. The molecule has 0 aromatic carbocycles. The van der Waals surface area contributed by atoms with Gasteiger partial charge in [0.15, 0.2) is 5.79 Å². The molecular formula is C9H15NO3. The van der Waals surface area contributed by atoms with E-state index in [0.717, 1.165) is 0 Å². The maximum atomic E-state index is 8.29. The van der Waals surface area contributed by atoms with E-state index < -0.39 is 5.79 Å². The molecule has 4 heteroatoms. The Labute approximate surface area is 78.4 Å². The van der Waals surface area contributed by atoms with Crippen molar-refractivity contribution in [2.24, 2.45) is 0 Å². The Morgan fingerprint density at radius 2 is 2.08 bits per heavy atom. The van der Waals surface area contributed by atoms with Gasteiger partial charge in [0, 0.05) is 0 Å². The van der Waals surface area contributed by atoms with Gasteiger partial charge in [-0.2, -0.15) is 5.26 Å². The second kappa shape index (κ2) is 4.56. The van der Waals surface area contributed by atoms with Crippen LogP contribution in [0.2, 0.25) is 0 Å². The van der Waals surface area contributed by atoms with Crippen molar-refractivity contribution in [2.75, 3.05) is 19.8 Å². The van der Waals surface area contributed by atoms with E-state index in [-0.39, 0.29) is 6.10 Å². The molecule has 0 amide bonds. The van der Waals surface area contributed by atoms with Gasteiger partial charge in [0.2, 0.25) is 0 Å². The van der Waals surface area contributed by atoms with Gasteiger partial charge in [0.05, 0.1) is 32.3 Å². The molecular weight excluding hydrogens is 170 g/mol. The molecule has 1 fully saturated rings. The summed E-state index contributed by atoms with van der Waals surface area (Å²) in [4.78, 5) is 0. The zero-order valence-electron chi connectivity index (χ0n) is 8.08. The molecule has 0 aliphatic carbocycles. The molecule has 0 bridgehead atoms. The van der Waals surface area contributed by atoms with Gasteiger partial charge in [-0.05, 0) is 13.8 Å². The SMILES string of the molecule is CC1(C)OCC(OCCC#N)CO1. The smallest absolute Gasteiger partial charge is 0.163 e. The van der Waals surface area contributed by atoms with Crippen molar-refractivity contribution in [3.8, 4) is 6.07 Å². The molecule has 0 radical (unpaired) electrons. The third-order valence-electron chi connectivity index (χ3n) is 1.80. The molecule has 1 aliphatic rings. The Balaban J connectivity index is 2.15. The quantitative estimate of drug-likeness (QED) is 0.617. The number of rotatable bonds is 3. The van der Waals surface area contributed by atoms with Crippen molar-refractivity contribution in [1.82, 2.24) is 0 Å². The second-order valence-electron chi connectivity index (χ2n) is 3.42. The lowest BCUT2D eigenvalue weighted by molar-refractivity contribution is -0.279. The number of ether oxygens (including phenoxy) is 3. The van der Waals surface area contributed by atoms with Crippen molar-refractivity contribution in [1.29, 1.82) is 5.26 Å². The van der Waals surface area contributed by atoms with Crippen molar-refractivity contribution in [3.05, 3.63) is 0 Å². The van der Waals surface area contributed by atoms with Gasteiger partial charge in [-0.25, -0.2) is 0 Å². The standard InChI is InChI=1S/C9H15NO3/c1-9(2)12-6-8(7-13-9)11-5-3-4-10/h8H,3,5-7H2,1-2H3. The maximum Gasteiger partial charge on any atom is 0.163 e. The minimum Gasteiger partial charge on any atom is -0.372 e. The van der Waals surface area contributed by atoms with Crippen LogP contribution in [0, 0.1) is 11.3 Å². The summed E-state index contributed by atoms with van der Waals surface area (Å²) in [5.74, 6) is -0.491. The molecule has 13 heavy (non-hydrogen) atoms. The molecule has 0 aromatic heterocycles. The van der Waals surface area contributed by atoms with E-state index in [1.54, 1.807) is 0 Å². The van der Waals surface area contributed by atoms with E-state index in [0.29, 0.717) is 26.2 Å². The molecule has 1 saturated heterocycles. The van der Waals surface area contributed by atoms with Crippen LogP contribution in [-0.4, -0.2) is 31.7 Å². The lowest BCUT2D eigenvalue weighted by Gasteiger charge is -2.34. The highest BCUT2D eigenvalue weighted by Gasteiger charge is 2.28. The highest BCUT2D eigenvalue weighted by molar-refractivity contribution is 4.70. The van der Waals surface area contributed by atoms with Gasteiger partial charge in [0.1, 0.15) is 6.10 Å². The van der Waals surface area contributed by atoms with Crippen molar-refractivity contribution in [3.63, 3.8) is 0 Å². The van der Waals surface area contributed by atoms with Crippen molar-refractivity contribution < 1.29 is 14.2 Å². The summed E-state index contributed by atoms with van der Waals surface area (Å²) in [6, 6.07) is 2.02. The fourth-order valence-electron chi connectivity index (χ4n) is 1.04. The summed E-state index contributed by atoms with van der Waals surface area (Å²) in [5, 5.41) is 8.29. The Kier molecular flexibility index (Phi) is 3.67. The molecule has 4 nitrogen and oxygen atoms in total. The van der Waals surface area contributed by atoms with E-state index in [2.05, 4.69) is 0 Å². The van der Waals surface area contributed by atoms with Crippen LogP contribution >= 0.6 is 0 Å². The van der Waals surface area contributed by atoms with Crippen LogP contribution in [0.4, 0.5) is 0 Å². The summed E-state index contributed by atoms with van der Waals surface area (Å²) in [6.45, 7) is 5.28. The van der Waals surface area contributed by atoms with E-state index in [1.807, 2.05) is 19.9 Å². The lowest BCUT2D eigenvalue weighted by atomic mass is 10.3. The molecule has 0 unspecified atom stereocenters. The summed E-state index contributed by atoms with van der Waals surface area (Å²) in [5.41, 5.74) is 0. The number of nitriles is 1. The van der Waals surface area contributed by atoms with Crippen LogP contribution in [0.1, 0.15) is 20.3 Å². The molecule has 74 valence electrons. The molecule has 1 rings (SSSR count). The molecule has 0 atom stereocenters. The molecule has 0 N–H and O–H groups in total. The first-order valence-corrected chi connectivity index (χ1v) is 4.40. The zero-order valence-corrected chi connectivity index (χ0v) is 8.08. The summed E-state index contributed by atoms with van der Waals surface area (Å²) in [7, 11) is 0. The average Bonchev–Trinajstić information content (AvgIpc) is 2.08. The number of nitrogens with zero attached hydrogens (tertiary/aromatic N) is 1. The monoisotopic (exact) mass is 185 g/mol. The minimum atomic E-state index is -0.491. The van der Waals surface area contributed by atoms with E-state index >= 15 is 0 Å². The van der Waals surface area contributed by atoms with E-state index in [4.69, 9.17) is 19.5 Å². The highest BCUT2D eigenvalue weighted by Crippen LogP contribution is 2.18. The second-order valence-corrected chi connectivity index (χ2v) is 3.42. The topological polar surface area (TPSA) is 51.5 Å². The Morgan fingerprint density at radius 3 is 2.62 bits per heavy atom. The number of hydrogen-bond donors (Lipinski definition) is 0. The molecule has 0 saturated carbocycles. The van der Waals surface area contributed by atoms with Gasteiger partial charge in [-0.3, -0.25) is 0 Å². The van der Waals surface area contributed by atoms with Crippen LogP contribution in [0.15, 0.2) is 0 Å². The summed E-state index contributed by atoms with van der Waals surface area (Å²) < 4.78 is 16.1. The van der Waals surface area contributed by atoms with E-state index in [1.165, 1.54) is 0 Å². The fraction of sp³-hybridized carbons (Fsp3) is 0.889. The Hall–Kier alpha value is -0.630.